The number of ether oxygens (including phenoxy) is 2. The molecular weight excluding hydrogens is 328 g/mol. The minimum atomic E-state index is 0.356. The first-order chi connectivity index (χ1) is 10.2. The van der Waals surface area contributed by atoms with E-state index >= 15 is 0 Å². The molecule has 0 saturated heterocycles. The van der Waals surface area contributed by atoms with E-state index in [9.17, 15) is 0 Å². The monoisotopic (exact) mass is 346 g/mol. The van der Waals surface area contributed by atoms with Gasteiger partial charge in [0.1, 0.15) is 11.5 Å². The second kappa shape index (κ2) is 6.10. The molecule has 0 aromatic heterocycles. The van der Waals surface area contributed by atoms with E-state index in [2.05, 4.69) is 46.3 Å². The molecule has 1 aliphatic carbocycles. The van der Waals surface area contributed by atoms with Crippen LogP contribution < -0.4 is 9.47 Å². The first-order valence-corrected chi connectivity index (χ1v) is 8.09. The van der Waals surface area contributed by atoms with Crippen LogP contribution in [0.25, 0.3) is 0 Å². The van der Waals surface area contributed by atoms with Gasteiger partial charge in [-0.25, -0.2) is 0 Å². The first kappa shape index (κ1) is 14.5. The number of hydrogen-bond acceptors (Lipinski definition) is 2. The van der Waals surface area contributed by atoms with Crippen molar-refractivity contribution in [1.82, 2.24) is 0 Å². The van der Waals surface area contributed by atoms with Crippen molar-refractivity contribution in [2.24, 2.45) is 0 Å². The largest absolute Gasteiger partial charge is 0.497 e. The number of benzene rings is 2. The fourth-order valence-electron chi connectivity index (χ4n) is 3.07. The predicted octanol–water partition coefficient (Wildman–Crippen LogP) is 4.55. The van der Waals surface area contributed by atoms with E-state index in [0.29, 0.717) is 10.7 Å². The highest BCUT2D eigenvalue weighted by molar-refractivity contribution is 9.09. The van der Waals surface area contributed by atoms with Crippen LogP contribution in [0, 0.1) is 0 Å². The molecule has 0 N–H and O–H groups in total. The van der Waals surface area contributed by atoms with Crippen LogP contribution in [0.1, 0.15) is 29.0 Å². The molecule has 2 aromatic carbocycles. The highest BCUT2D eigenvalue weighted by Crippen LogP contribution is 2.42. The maximum atomic E-state index is 5.40. The van der Waals surface area contributed by atoms with E-state index in [1.54, 1.807) is 14.2 Å². The Kier molecular flexibility index (Phi) is 4.20. The molecule has 0 unspecified atom stereocenters. The fourth-order valence-corrected chi connectivity index (χ4v) is 3.89. The third kappa shape index (κ3) is 2.80. The molecule has 0 saturated carbocycles. The van der Waals surface area contributed by atoms with Gasteiger partial charge in [-0.2, -0.15) is 0 Å². The Labute approximate surface area is 134 Å². The number of hydrogen-bond donors (Lipinski definition) is 0. The second-order valence-electron chi connectivity index (χ2n) is 5.37. The van der Waals surface area contributed by atoms with Crippen LogP contribution in [0.4, 0.5) is 0 Å². The number of aryl methyl sites for hydroxylation is 1. The zero-order chi connectivity index (χ0) is 14.8. The predicted molar refractivity (Wildman–Crippen MR) is 88.9 cm³/mol. The van der Waals surface area contributed by atoms with Gasteiger partial charge in [0.05, 0.1) is 14.2 Å². The summed E-state index contributed by atoms with van der Waals surface area (Å²) in [5, 5.41) is 0. The van der Waals surface area contributed by atoms with Gasteiger partial charge in [-0.3, -0.25) is 0 Å². The summed E-state index contributed by atoms with van der Waals surface area (Å²) >= 11 is 3.87. The summed E-state index contributed by atoms with van der Waals surface area (Å²) in [7, 11) is 3.42. The minimum Gasteiger partial charge on any atom is -0.497 e. The normalized spacial score (nSPS) is 20.7. The number of rotatable bonds is 3. The average Bonchev–Trinajstić information content (AvgIpc) is 2.54. The zero-order valence-electron chi connectivity index (χ0n) is 12.3. The van der Waals surface area contributed by atoms with Crippen molar-refractivity contribution >= 4 is 15.9 Å². The molecule has 2 aromatic rings. The van der Waals surface area contributed by atoms with Crippen LogP contribution in [0.3, 0.4) is 0 Å². The molecule has 2 nitrogen and oxygen atoms in total. The Morgan fingerprint density at radius 1 is 0.952 bits per heavy atom. The Morgan fingerprint density at radius 3 is 2.29 bits per heavy atom. The molecule has 0 spiro atoms. The van der Waals surface area contributed by atoms with Crippen LogP contribution in [0.5, 0.6) is 11.5 Å². The van der Waals surface area contributed by atoms with Crippen LogP contribution in [-0.2, 0) is 6.42 Å². The Bertz CT molecular complexity index is 622. The van der Waals surface area contributed by atoms with Crippen molar-refractivity contribution in [3.63, 3.8) is 0 Å². The summed E-state index contributed by atoms with van der Waals surface area (Å²) in [6.07, 6.45) is 2.26. The summed E-state index contributed by atoms with van der Waals surface area (Å²) in [5.74, 6) is 2.18. The molecule has 110 valence electrons. The third-order valence-electron chi connectivity index (χ3n) is 4.21. The first-order valence-electron chi connectivity index (χ1n) is 7.17. The molecule has 0 radical (unpaired) electrons. The van der Waals surface area contributed by atoms with Gasteiger partial charge < -0.3 is 9.47 Å². The van der Waals surface area contributed by atoms with Gasteiger partial charge in [-0.05, 0) is 53.8 Å². The summed E-state index contributed by atoms with van der Waals surface area (Å²) in [4.78, 5) is 0.450. The van der Waals surface area contributed by atoms with Crippen molar-refractivity contribution in [2.45, 2.75) is 23.6 Å². The molecule has 2 atom stereocenters. The molecule has 0 aliphatic heterocycles. The Balaban J connectivity index is 2.04. The van der Waals surface area contributed by atoms with Crippen molar-refractivity contribution in [3.05, 3.63) is 59.2 Å². The van der Waals surface area contributed by atoms with Crippen LogP contribution in [-0.4, -0.2) is 19.0 Å². The molecule has 1 aliphatic rings. The number of halogens is 1. The maximum absolute atomic E-state index is 5.40. The molecule has 21 heavy (non-hydrogen) atoms. The highest BCUT2D eigenvalue weighted by atomic mass is 79.9. The van der Waals surface area contributed by atoms with Gasteiger partial charge in [0.15, 0.2) is 0 Å². The molecule has 0 fully saturated rings. The number of alkyl halides is 1. The Hall–Kier alpha value is -1.48. The summed E-state index contributed by atoms with van der Waals surface area (Å²) in [6, 6.07) is 14.8. The second-order valence-corrected chi connectivity index (χ2v) is 6.55. The summed E-state index contributed by atoms with van der Waals surface area (Å²) < 4.78 is 10.7. The van der Waals surface area contributed by atoms with Crippen molar-refractivity contribution < 1.29 is 9.47 Å². The zero-order valence-corrected chi connectivity index (χ0v) is 13.9. The van der Waals surface area contributed by atoms with Crippen molar-refractivity contribution in [3.8, 4) is 11.5 Å². The third-order valence-corrected chi connectivity index (χ3v) is 5.20. The van der Waals surface area contributed by atoms with Crippen molar-refractivity contribution in [1.29, 1.82) is 0 Å². The van der Waals surface area contributed by atoms with Gasteiger partial charge in [0, 0.05) is 10.7 Å². The highest BCUT2D eigenvalue weighted by Gasteiger charge is 2.29. The Morgan fingerprint density at radius 2 is 1.62 bits per heavy atom. The lowest BCUT2D eigenvalue weighted by Crippen LogP contribution is -2.21. The van der Waals surface area contributed by atoms with Gasteiger partial charge in [-0.1, -0.05) is 34.1 Å². The van der Waals surface area contributed by atoms with E-state index in [4.69, 9.17) is 9.47 Å². The smallest absolute Gasteiger partial charge is 0.119 e. The molecule has 3 rings (SSSR count). The lowest BCUT2D eigenvalue weighted by molar-refractivity contribution is 0.413. The van der Waals surface area contributed by atoms with Crippen molar-refractivity contribution in [2.75, 3.05) is 14.2 Å². The van der Waals surface area contributed by atoms with Gasteiger partial charge in [0.25, 0.3) is 0 Å². The van der Waals surface area contributed by atoms with E-state index in [0.717, 1.165) is 24.3 Å². The van der Waals surface area contributed by atoms with E-state index in [-0.39, 0.29) is 0 Å². The fraction of sp³-hybridized carbons (Fsp3) is 0.333. The van der Waals surface area contributed by atoms with E-state index < -0.39 is 0 Å². The molecule has 0 heterocycles. The molecular formula is C18H19BrO2. The average molecular weight is 347 g/mol. The van der Waals surface area contributed by atoms with Crippen LogP contribution in [0.2, 0.25) is 0 Å². The molecule has 3 heteroatoms. The van der Waals surface area contributed by atoms with Gasteiger partial charge in [-0.15, -0.1) is 0 Å². The lowest BCUT2D eigenvalue weighted by Gasteiger charge is -2.31. The van der Waals surface area contributed by atoms with E-state index in [1.807, 2.05) is 12.1 Å². The minimum absolute atomic E-state index is 0.356. The standard InChI is InChI=1S/C18H19BrO2/c1-20-14-7-4-13(5-8-14)18-16-11-15(21-2)9-3-12(16)6-10-17(18)19/h3-5,7-9,11,17-18H,6,10H2,1-2H3/t17-,18+/m1/s1. The molecule has 0 amide bonds. The topological polar surface area (TPSA) is 18.5 Å². The summed E-state index contributed by atoms with van der Waals surface area (Å²) in [6.45, 7) is 0. The van der Waals surface area contributed by atoms with Gasteiger partial charge in [0.2, 0.25) is 0 Å². The maximum Gasteiger partial charge on any atom is 0.119 e. The van der Waals surface area contributed by atoms with E-state index in [1.165, 1.54) is 16.7 Å². The number of fused-ring (bicyclic) bond motifs is 1. The van der Waals surface area contributed by atoms with Crippen LogP contribution in [0.15, 0.2) is 42.5 Å². The number of methoxy groups -OCH3 is 2. The van der Waals surface area contributed by atoms with Crippen LogP contribution >= 0.6 is 15.9 Å². The molecule has 0 bridgehead atoms. The van der Waals surface area contributed by atoms with Gasteiger partial charge >= 0.3 is 0 Å². The lowest BCUT2D eigenvalue weighted by atomic mass is 9.79. The summed E-state index contributed by atoms with van der Waals surface area (Å²) in [5.41, 5.74) is 4.10. The SMILES string of the molecule is COc1ccc([C@H]2c3cc(OC)ccc3CC[C@H]2Br)cc1. The quantitative estimate of drug-likeness (QED) is 0.759.